The van der Waals surface area contributed by atoms with Crippen LogP contribution < -0.4 is 10.9 Å². The van der Waals surface area contributed by atoms with Crippen LogP contribution in [0.1, 0.15) is 35.8 Å². The van der Waals surface area contributed by atoms with Crippen LogP contribution in [0.5, 0.6) is 0 Å². The third-order valence-corrected chi connectivity index (χ3v) is 6.15. The highest BCUT2D eigenvalue weighted by Gasteiger charge is 2.19. The molecule has 0 spiro atoms. The van der Waals surface area contributed by atoms with Gasteiger partial charge in [-0.2, -0.15) is 5.10 Å². The molecule has 4 aromatic rings. The van der Waals surface area contributed by atoms with Crippen molar-refractivity contribution >= 4 is 22.4 Å². The van der Waals surface area contributed by atoms with Gasteiger partial charge in [0.2, 0.25) is 0 Å². The molecule has 0 bridgehead atoms. The highest BCUT2D eigenvalue weighted by atomic mass is 32.1. The van der Waals surface area contributed by atoms with E-state index in [-0.39, 0.29) is 17.5 Å². The predicted molar refractivity (Wildman–Crippen MR) is 137 cm³/mol. The lowest BCUT2D eigenvalue weighted by molar-refractivity contribution is 0.102. The standard InChI is InChI=1S/C26H27N5O2S/c1-17(2)31-22(32)15-14-21(29-31)24-23(19-8-6-5-7-9-19)27-26(34-24)28-25(33)20-12-10-18(11-13-20)16-30(3)4/h5-15,17H,16H2,1-4H3,(H,27,28,33). The van der Waals surface area contributed by atoms with E-state index in [1.54, 1.807) is 6.07 Å². The monoisotopic (exact) mass is 473 g/mol. The molecule has 0 aliphatic heterocycles. The molecule has 0 unspecified atom stereocenters. The van der Waals surface area contributed by atoms with Gasteiger partial charge in [-0.3, -0.25) is 14.9 Å². The molecule has 0 fully saturated rings. The summed E-state index contributed by atoms with van der Waals surface area (Å²) >= 11 is 1.34. The zero-order valence-electron chi connectivity index (χ0n) is 19.6. The molecule has 2 heterocycles. The molecule has 0 saturated carbocycles. The topological polar surface area (TPSA) is 80.1 Å². The number of thiazole rings is 1. The first-order valence-corrected chi connectivity index (χ1v) is 11.8. The summed E-state index contributed by atoms with van der Waals surface area (Å²) in [4.78, 5) is 32.7. The maximum atomic E-state index is 12.9. The van der Waals surface area contributed by atoms with E-state index >= 15 is 0 Å². The van der Waals surface area contributed by atoms with Gasteiger partial charge >= 0.3 is 0 Å². The molecule has 2 aromatic carbocycles. The van der Waals surface area contributed by atoms with Crippen molar-refractivity contribution in [2.45, 2.75) is 26.4 Å². The molecule has 1 N–H and O–H groups in total. The zero-order chi connectivity index (χ0) is 24.2. The fraction of sp³-hybridized carbons (Fsp3) is 0.231. The molecule has 0 aliphatic carbocycles. The van der Waals surface area contributed by atoms with E-state index < -0.39 is 0 Å². The van der Waals surface area contributed by atoms with Gasteiger partial charge in [-0.1, -0.05) is 53.8 Å². The smallest absolute Gasteiger partial charge is 0.267 e. The van der Waals surface area contributed by atoms with Crippen molar-refractivity contribution in [3.05, 3.63) is 88.2 Å². The Morgan fingerprint density at radius 2 is 1.74 bits per heavy atom. The number of amides is 1. The molecule has 2 aromatic heterocycles. The van der Waals surface area contributed by atoms with Crippen LogP contribution in [-0.2, 0) is 6.54 Å². The Labute approximate surface area is 202 Å². The van der Waals surface area contributed by atoms with Crippen molar-refractivity contribution in [3.8, 4) is 21.8 Å². The first-order chi connectivity index (χ1) is 16.3. The quantitative estimate of drug-likeness (QED) is 0.412. The maximum Gasteiger partial charge on any atom is 0.267 e. The molecule has 4 rings (SSSR count). The van der Waals surface area contributed by atoms with Gasteiger partial charge in [-0.15, -0.1) is 0 Å². The van der Waals surface area contributed by atoms with Gasteiger partial charge in [0, 0.05) is 23.7 Å². The summed E-state index contributed by atoms with van der Waals surface area (Å²) in [5.41, 5.74) is 3.80. The van der Waals surface area contributed by atoms with Crippen LogP contribution >= 0.6 is 11.3 Å². The number of benzene rings is 2. The largest absolute Gasteiger partial charge is 0.305 e. The summed E-state index contributed by atoms with van der Waals surface area (Å²) in [7, 11) is 4.01. The van der Waals surface area contributed by atoms with Crippen LogP contribution in [0.3, 0.4) is 0 Å². The number of carbonyl (C=O) groups is 1. The summed E-state index contributed by atoms with van der Waals surface area (Å²) < 4.78 is 1.46. The van der Waals surface area contributed by atoms with Crippen molar-refractivity contribution < 1.29 is 4.79 Å². The van der Waals surface area contributed by atoms with Crippen LogP contribution in [0, 0.1) is 0 Å². The number of hydrogen-bond acceptors (Lipinski definition) is 6. The third kappa shape index (κ3) is 5.30. The molecular formula is C26H27N5O2S. The van der Waals surface area contributed by atoms with Crippen LogP contribution in [-0.4, -0.2) is 39.7 Å². The molecule has 7 nitrogen and oxygen atoms in total. The number of aromatic nitrogens is 3. The van der Waals surface area contributed by atoms with Crippen molar-refractivity contribution in [2.75, 3.05) is 19.4 Å². The van der Waals surface area contributed by atoms with E-state index in [1.165, 1.54) is 22.1 Å². The summed E-state index contributed by atoms with van der Waals surface area (Å²) in [6.45, 7) is 4.64. The Bertz CT molecular complexity index is 1340. The molecule has 8 heteroatoms. The number of nitrogens with zero attached hydrogens (tertiary/aromatic N) is 4. The molecule has 34 heavy (non-hydrogen) atoms. The van der Waals surface area contributed by atoms with Crippen molar-refractivity contribution in [3.63, 3.8) is 0 Å². The minimum Gasteiger partial charge on any atom is -0.305 e. The molecule has 0 aliphatic rings. The lowest BCUT2D eigenvalue weighted by atomic mass is 10.1. The number of anilines is 1. The number of rotatable bonds is 7. The van der Waals surface area contributed by atoms with E-state index in [4.69, 9.17) is 4.98 Å². The summed E-state index contributed by atoms with van der Waals surface area (Å²) in [6, 6.07) is 20.4. The lowest BCUT2D eigenvalue weighted by Crippen LogP contribution is -2.23. The van der Waals surface area contributed by atoms with E-state index in [9.17, 15) is 9.59 Å². The average molecular weight is 474 g/mol. The van der Waals surface area contributed by atoms with Crippen molar-refractivity contribution in [2.24, 2.45) is 0 Å². The number of nitrogens with one attached hydrogen (secondary N) is 1. The molecular weight excluding hydrogens is 446 g/mol. The zero-order valence-corrected chi connectivity index (χ0v) is 20.5. The second-order valence-corrected chi connectivity index (χ2v) is 9.55. The second kappa shape index (κ2) is 10.1. The van der Waals surface area contributed by atoms with E-state index in [0.29, 0.717) is 22.1 Å². The van der Waals surface area contributed by atoms with Gasteiger partial charge in [0.15, 0.2) is 5.13 Å². The van der Waals surface area contributed by atoms with Gasteiger partial charge in [0.1, 0.15) is 5.69 Å². The van der Waals surface area contributed by atoms with Crippen LogP contribution in [0.2, 0.25) is 0 Å². The average Bonchev–Trinajstić information content (AvgIpc) is 3.23. The normalized spacial score (nSPS) is 11.2. The van der Waals surface area contributed by atoms with E-state index in [0.717, 1.165) is 22.5 Å². The first kappa shape index (κ1) is 23.5. The first-order valence-electron chi connectivity index (χ1n) is 11.0. The maximum absolute atomic E-state index is 12.9. The lowest BCUT2D eigenvalue weighted by Gasteiger charge is -2.10. The van der Waals surface area contributed by atoms with Gasteiger partial charge in [-0.05, 0) is 51.7 Å². The van der Waals surface area contributed by atoms with E-state index in [2.05, 4.69) is 15.3 Å². The van der Waals surface area contributed by atoms with Gasteiger partial charge in [0.25, 0.3) is 11.5 Å². The summed E-state index contributed by atoms with van der Waals surface area (Å²) in [5, 5.41) is 7.97. The fourth-order valence-corrected chi connectivity index (χ4v) is 4.50. The molecule has 0 radical (unpaired) electrons. The second-order valence-electron chi connectivity index (χ2n) is 8.55. The highest BCUT2D eigenvalue weighted by molar-refractivity contribution is 7.19. The Balaban J connectivity index is 1.68. The van der Waals surface area contributed by atoms with Crippen molar-refractivity contribution in [1.82, 2.24) is 19.7 Å². The minimum absolute atomic E-state index is 0.0739. The van der Waals surface area contributed by atoms with Crippen molar-refractivity contribution in [1.29, 1.82) is 0 Å². The summed E-state index contributed by atoms with van der Waals surface area (Å²) in [6.07, 6.45) is 0. The predicted octanol–water partition coefficient (Wildman–Crippen LogP) is 4.93. The highest BCUT2D eigenvalue weighted by Crippen LogP contribution is 2.38. The molecule has 1 amide bonds. The van der Waals surface area contributed by atoms with E-state index in [1.807, 2.05) is 82.5 Å². The van der Waals surface area contributed by atoms with Gasteiger partial charge in [0.05, 0.1) is 16.6 Å². The summed E-state index contributed by atoms with van der Waals surface area (Å²) in [5.74, 6) is -0.226. The molecule has 0 atom stereocenters. The Hall–Kier alpha value is -3.62. The Morgan fingerprint density at radius 3 is 2.38 bits per heavy atom. The Kier molecular flexibility index (Phi) is 7.00. The molecule has 0 saturated heterocycles. The molecule has 174 valence electrons. The Morgan fingerprint density at radius 1 is 1.03 bits per heavy atom. The van der Waals surface area contributed by atoms with Crippen LogP contribution in [0.25, 0.3) is 21.8 Å². The number of hydrogen-bond donors (Lipinski definition) is 1. The van der Waals surface area contributed by atoms with Gasteiger partial charge in [-0.25, -0.2) is 9.67 Å². The minimum atomic E-state index is -0.226. The van der Waals surface area contributed by atoms with Crippen LogP contribution in [0.15, 0.2) is 71.5 Å². The fourth-order valence-electron chi connectivity index (χ4n) is 3.55. The van der Waals surface area contributed by atoms with Gasteiger partial charge < -0.3 is 4.90 Å². The SMILES string of the molecule is CC(C)n1nc(-c2sc(NC(=O)c3ccc(CN(C)C)cc3)nc2-c2ccccc2)ccc1=O. The van der Waals surface area contributed by atoms with Crippen LogP contribution in [0.4, 0.5) is 5.13 Å². The third-order valence-electron chi connectivity index (χ3n) is 5.16. The number of carbonyl (C=O) groups excluding carboxylic acids is 1.